The van der Waals surface area contributed by atoms with Crippen LogP contribution in [0.5, 0.6) is 11.5 Å². The average Bonchev–Trinajstić information content (AvgIpc) is 2.87. The number of nitrogens with one attached hydrogen (secondary N) is 1. The summed E-state index contributed by atoms with van der Waals surface area (Å²) in [6, 6.07) is 7.41. The van der Waals surface area contributed by atoms with E-state index in [2.05, 4.69) is 15.3 Å². The fourth-order valence-electron chi connectivity index (χ4n) is 1.57. The molecule has 0 fully saturated rings. The van der Waals surface area contributed by atoms with E-state index in [1.54, 1.807) is 0 Å². The van der Waals surface area contributed by atoms with Crippen molar-refractivity contribution in [1.82, 2.24) is 9.97 Å². The summed E-state index contributed by atoms with van der Waals surface area (Å²) in [6.07, 6.45) is 2.92. The van der Waals surface area contributed by atoms with Gasteiger partial charge in [0.15, 0.2) is 17.2 Å². The average molecular weight is 240 g/mol. The van der Waals surface area contributed by atoms with Crippen LogP contribution in [-0.2, 0) is 0 Å². The number of rotatable bonds is 2. The molecule has 6 heteroatoms. The fourth-order valence-corrected chi connectivity index (χ4v) is 1.57. The summed E-state index contributed by atoms with van der Waals surface area (Å²) < 4.78 is 10.5. The van der Waals surface area contributed by atoms with Crippen molar-refractivity contribution in [3.05, 3.63) is 36.3 Å². The van der Waals surface area contributed by atoms with E-state index in [0.29, 0.717) is 11.6 Å². The van der Waals surface area contributed by atoms with E-state index >= 15 is 0 Å². The Labute approximate surface area is 103 Å². The Morgan fingerprint density at radius 2 is 2.06 bits per heavy atom. The van der Waals surface area contributed by atoms with Crippen molar-refractivity contribution < 1.29 is 9.47 Å². The Balaban J connectivity index is 1.81. The SMILES string of the molecule is N#Cc1cnc(Nc2ccc3c(c2)OCO3)cn1. The molecule has 2 aromatic rings. The number of hydrogen-bond acceptors (Lipinski definition) is 6. The predicted molar refractivity (Wildman–Crippen MR) is 62.6 cm³/mol. The summed E-state index contributed by atoms with van der Waals surface area (Å²) in [7, 11) is 0. The first-order chi connectivity index (χ1) is 8.85. The topological polar surface area (TPSA) is 80.1 Å². The second-order valence-corrected chi connectivity index (χ2v) is 3.59. The van der Waals surface area contributed by atoms with Crippen molar-refractivity contribution in [2.45, 2.75) is 0 Å². The smallest absolute Gasteiger partial charge is 0.231 e. The Kier molecular flexibility index (Phi) is 2.43. The minimum absolute atomic E-state index is 0.245. The zero-order chi connectivity index (χ0) is 12.4. The van der Waals surface area contributed by atoms with E-state index in [9.17, 15) is 0 Å². The van der Waals surface area contributed by atoms with Gasteiger partial charge in [0.05, 0.1) is 12.4 Å². The molecule has 18 heavy (non-hydrogen) atoms. The second kappa shape index (κ2) is 4.22. The van der Waals surface area contributed by atoms with Crippen LogP contribution in [-0.4, -0.2) is 16.8 Å². The molecule has 0 bridgehead atoms. The van der Waals surface area contributed by atoms with Gasteiger partial charge in [0.25, 0.3) is 0 Å². The summed E-state index contributed by atoms with van der Waals surface area (Å²) in [6.45, 7) is 0.245. The number of benzene rings is 1. The Morgan fingerprint density at radius 3 is 2.83 bits per heavy atom. The van der Waals surface area contributed by atoms with Gasteiger partial charge in [-0.25, -0.2) is 9.97 Å². The largest absolute Gasteiger partial charge is 0.454 e. The van der Waals surface area contributed by atoms with Gasteiger partial charge in [-0.05, 0) is 12.1 Å². The van der Waals surface area contributed by atoms with Gasteiger partial charge in [0, 0.05) is 11.8 Å². The van der Waals surface area contributed by atoms with E-state index in [4.69, 9.17) is 14.7 Å². The maximum Gasteiger partial charge on any atom is 0.231 e. The highest BCUT2D eigenvalue weighted by Crippen LogP contribution is 2.34. The number of aromatic nitrogens is 2. The van der Waals surface area contributed by atoms with Crippen molar-refractivity contribution in [1.29, 1.82) is 5.26 Å². The number of fused-ring (bicyclic) bond motifs is 1. The zero-order valence-electron chi connectivity index (χ0n) is 9.25. The van der Waals surface area contributed by atoms with E-state index < -0.39 is 0 Å². The normalized spacial score (nSPS) is 11.9. The maximum absolute atomic E-state index is 8.62. The fraction of sp³-hybridized carbons (Fsp3) is 0.0833. The Morgan fingerprint density at radius 1 is 1.17 bits per heavy atom. The van der Waals surface area contributed by atoms with Gasteiger partial charge in [-0.3, -0.25) is 0 Å². The first-order valence-electron chi connectivity index (χ1n) is 5.24. The van der Waals surface area contributed by atoms with Crippen LogP contribution in [0.2, 0.25) is 0 Å². The van der Waals surface area contributed by atoms with Gasteiger partial charge in [0.1, 0.15) is 11.9 Å². The molecular weight excluding hydrogens is 232 g/mol. The molecule has 0 radical (unpaired) electrons. The summed E-state index contributed by atoms with van der Waals surface area (Å²) in [5, 5.41) is 11.7. The first-order valence-corrected chi connectivity index (χ1v) is 5.24. The molecular formula is C12H8N4O2. The van der Waals surface area contributed by atoms with Crippen LogP contribution >= 0.6 is 0 Å². The minimum atomic E-state index is 0.245. The molecule has 6 nitrogen and oxygen atoms in total. The lowest BCUT2D eigenvalue weighted by Gasteiger charge is -2.05. The maximum atomic E-state index is 8.62. The van der Waals surface area contributed by atoms with Crippen molar-refractivity contribution in [3.8, 4) is 17.6 Å². The van der Waals surface area contributed by atoms with Crippen molar-refractivity contribution >= 4 is 11.5 Å². The van der Waals surface area contributed by atoms with Gasteiger partial charge in [-0.1, -0.05) is 0 Å². The van der Waals surface area contributed by atoms with E-state index in [1.807, 2.05) is 24.3 Å². The molecule has 1 aliphatic rings. The zero-order valence-corrected chi connectivity index (χ0v) is 9.25. The molecule has 0 saturated carbocycles. The number of nitrogens with zero attached hydrogens (tertiary/aromatic N) is 3. The molecule has 1 aromatic carbocycles. The minimum Gasteiger partial charge on any atom is -0.454 e. The Hall–Kier alpha value is -2.81. The van der Waals surface area contributed by atoms with Crippen LogP contribution in [0.1, 0.15) is 5.69 Å². The number of nitriles is 1. The second-order valence-electron chi connectivity index (χ2n) is 3.59. The lowest BCUT2D eigenvalue weighted by molar-refractivity contribution is 0.174. The van der Waals surface area contributed by atoms with Gasteiger partial charge in [-0.2, -0.15) is 5.26 Å². The highest BCUT2D eigenvalue weighted by Gasteiger charge is 2.13. The molecule has 0 amide bonds. The number of hydrogen-bond donors (Lipinski definition) is 1. The van der Waals surface area contributed by atoms with E-state index in [0.717, 1.165) is 11.4 Å². The molecule has 88 valence electrons. The molecule has 0 saturated heterocycles. The van der Waals surface area contributed by atoms with Crippen LogP contribution in [0.3, 0.4) is 0 Å². The number of anilines is 2. The number of ether oxygens (including phenoxy) is 2. The first kappa shape index (κ1) is 10.4. The quantitative estimate of drug-likeness (QED) is 0.862. The Bertz CT molecular complexity index is 619. The third-order valence-electron chi connectivity index (χ3n) is 2.41. The molecule has 3 rings (SSSR count). The lowest BCUT2D eigenvalue weighted by atomic mass is 10.3. The molecule has 0 spiro atoms. The van der Waals surface area contributed by atoms with Crippen LogP contribution < -0.4 is 14.8 Å². The summed E-state index contributed by atoms with van der Waals surface area (Å²) in [5.74, 6) is 1.99. The van der Waals surface area contributed by atoms with Crippen molar-refractivity contribution in [2.75, 3.05) is 12.1 Å². The van der Waals surface area contributed by atoms with Gasteiger partial charge in [-0.15, -0.1) is 0 Å². The van der Waals surface area contributed by atoms with Crippen LogP contribution in [0, 0.1) is 11.3 Å². The van der Waals surface area contributed by atoms with Gasteiger partial charge in [0.2, 0.25) is 6.79 Å². The third-order valence-corrected chi connectivity index (χ3v) is 2.41. The molecule has 0 aliphatic carbocycles. The van der Waals surface area contributed by atoms with Crippen LogP contribution in [0.4, 0.5) is 11.5 Å². The molecule has 0 atom stereocenters. The molecule has 1 aromatic heterocycles. The molecule has 2 heterocycles. The van der Waals surface area contributed by atoms with Gasteiger partial charge < -0.3 is 14.8 Å². The highest BCUT2D eigenvalue weighted by molar-refractivity contribution is 5.61. The van der Waals surface area contributed by atoms with Gasteiger partial charge >= 0.3 is 0 Å². The van der Waals surface area contributed by atoms with E-state index in [-0.39, 0.29) is 12.5 Å². The molecule has 1 N–H and O–H groups in total. The summed E-state index contributed by atoms with van der Waals surface area (Å²) >= 11 is 0. The molecule has 1 aliphatic heterocycles. The monoisotopic (exact) mass is 240 g/mol. The van der Waals surface area contributed by atoms with Crippen molar-refractivity contribution in [2.24, 2.45) is 0 Å². The van der Waals surface area contributed by atoms with Crippen LogP contribution in [0.25, 0.3) is 0 Å². The van der Waals surface area contributed by atoms with Crippen LogP contribution in [0.15, 0.2) is 30.6 Å². The predicted octanol–water partition coefficient (Wildman–Crippen LogP) is 1.82. The van der Waals surface area contributed by atoms with E-state index in [1.165, 1.54) is 12.4 Å². The third kappa shape index (κ3) is 1.89. The summed E-state index contributed by atoms with van der Waals surface area (Å²) in [4.78, 5) is 7.99. The highest BCUT2D eigenvalue weighted by atomic mass is 16.7. The summed E-state index contributed by atoms with van der Waals surface area (Å²) in [5.41, 5.74) is 1.10. The molecule has 0 unspecified atom stereocenters. The lowest BCUT2D eigenvalue weighted by Crippen LogP contribution is -1.95. The van der Waals surface area contributed by atoms with Crippen molar-refractivity contribution in [3.63, 3.8) is 0 Å². The standard InChI is InChI=1S/C12H8N4O2/c13-4-9-5-15-12(6-14-9)16-8-1-2-10-11(3-8)18-7-17-10/h1-3,5-6H,7H2,(H,15,16).